The maximum absolute atomic E-state index is 5.85. The number of rotatable bonds is 7. The number of hydrogen-bond acceptors (Lipinski definition) is 4. The summed E-state index contributed by atoms with van der Waals surface area (Å²) in [5.41, 5.74) is 0. The molecule has 0 aliphatic carbocycles. The molecule has 0 radical (unpaired) electrons. The first-order valence-electron chi connectivity index (χ1n) is 5.47. The third-order valence-corrected chi connectivity index (χ3v) is 2.82. The van der Waals surface area contributed by atoms with Gasteiger partial charge in [0, 0.05) is 6.07 Å². The highest BCUT2D eigenvalue weighted by Gasteiger charge is 2.02. The molecule has 0 saturated carbocycles. The van der Waals surface area contributed by atoms with E-state index in [2.05, 4.69) is 16.9 Å². The van der Waals surface area contributed by atoms with Crippen LogP contribution in [0, 0.1) is 0 Å². The average molecular weight is 261 g/mol. The van der Waals surface area contributed by atoms with E-state index in [1.54, 1.807) is 6.07 Å². The number of ether oxygens (including phenoxy) is 1. The van der Waals surface area contributed by atoms with Gasteiger partial charge in [-0.05, 0) is 12.7 Å². The van der Waals surface area contributed by atoms with Crippen molar-refractivity contribution >= 4 is 23.4 Å². The molecule has 16 heavy (non-hydrogen) atoms. The molecular formula is C11H17ClN2OS. The SMILES string of the molecule is CCCCCCOc1cc(Cl)nc(SC)n1. The summed E-state index contributed by atoms with van der Waals surface area (Å²) in [6, 6.07) is 1.65. The van der Waals surface area contributed by atoms with Crippen molar-refractivity contribution in [2.75, 3.05) is 12.9 Å². The average Bonchev–Trinajstić information content (AvgIpc) is 2.28. The normalized spacial score (nSPS) is 10.4. The Morgan fingerprint density at radius 3 is 2.81 bits per heavy atom. The Kier molecular flexibility index (Phi) is 6.57. The van der Waals surface area contributed by atoms with Crippen molar-refractivity contribution in [1.82, 2.24) is 9.97 Å². The van der Waals surface area contributed by atoms with Crippen LogP contribution >= 0.6 is 23.4 Å². The van der Waals surface area contributed by atoms with Crippen LogP contribution in [-0.4, -0.2) is 22.8 Å². The van der Waals surface area contributed by atoms with Gasteiger partial charge in [-0.2, -0.15) is 4.98 Å². The number of unbranched alkanes of at least 4 members (excludes halogenated alkanes) is 3. The van der Waals surface area contributed by atoms with E-state index in [0.29, 0.717) is 22.8 Å². The standard InChI is InChI=1S/C11H17ClN2OS/c1-3-4-5-6-7-15-10-8-9(12)13-11(14-10)16-2/h8H,3-7H2,1-2H3. The van der Waals surface area contributed by atoms with Crippen LogP contribution in [-0.2, 0) is 0 Å². The maximum atomic E-state index is 5.85. The first-order chi connectivity index (χ1) is 7.76. The van der Waals surface area contributed by atoms with Crippen LogP contribution in [0.3, 0.4) is 0 Å². The summed E-state index contributed by atoms with van der Waals surface area (Å²) in [5.74, 6) is 0.570. The van der Waals surface area contributed by atoms with Gasteiger partial charge in [-0.1, -0.05) is 49.5 Å². The Balaban J connectivity index is 2.38. The second kappa shape index (κ2) is 7.74. The topological polar surface area (TPSA) is 35.0 Å². The van der Waals surface area contributed by atoms with Crippen LogP contribution in [0.1, 0.15) is 32.6 Å². The minimum absolute atomic E-state index is 0.433. The van der Waals surface area contributed by atoms with Crippen molar-refractivity contribution in [3.8, 4) is 5.88 Å². The van der Waals surface area contributed by atoms with Crippen molar-refractivity contribution < 1.29 is 4.74 Å². The summed E-state index contributed by atoms with van der Waals surface area (Å²) in [4.78, 5) is 8.26. The highest BCUT2D eigenvalue weighted by molar-refractivity contribution is 7.98. The molecule has 0 bridgehead atoms. The molecule has 1 rings (SSSR count). The van der Waals surface area contributed by atoms with E-state index in [4.69, 9.17) is 16.3 Å². The van der Waals surface area contributed by atoms with Crippen molar-refractivity contribution in [3.05, 3.63) is 11.2 Å². The molecule has 3 nitrogen and oxygen atoms in total. The fourth-order valence-corrected chi connectivity index (χ4v) is 1.84. The highest BCUT2D eigenvalue weighted by Crippen LogP contribution is 2.18. The van der Waals surface area contributed by atoms with E-state index in [-0.39, 0.29) is 0 Å². The van der Waals surface area contributed by atoms with Crippen molar-refractivity contribution in [2.24, 2.45) is 0 Å². The van der Waals surface area contributed by atoms with Gasteiger partial charge in [0.15, 0.2) is 5.16 Å². The summed E-state index contributed by atoms with van der Waals surface area (Å²) < 4.78 is 5.53. The van der Waals surface area contributed by atoms with Crippen molar-refractivity contribution in [2.45, 2.75) is 37.8 Å². The predicted octanol–water partition coefficient (Wildman–Crippen LogP) is 3.81. The largest absolute Gasteiger partial charge is 0.478 e. The smallest absolute Gasteiger partial charge is 0.218 e. The zero-order chi connectivity index (χ0) is 11.8. The van der Waals surface area contributed by atoms with Gasteiger partial charge in [-0.3, -0.25) is 0 Å². The first kappa shape index (κ1) is 13.6. The molecule has 1 heterocycles. The fraction of sp³-hybridized carbons (Fsp3) is 0.636. The summed E-state index contributed by atoms with van der Waals surface area (Å²) in [6.07, 6.45) is 6.66. The molecule has 0 aliphatic rings. The second-order valence-corrected chi connectivity index (χ2v) is 4.59. The molecule has 0 unspecified atom stereocenters. The lowest BCUT2D eigenvalue weighted by atomic mass is 10.2. The quantitative estimate of drug-likeness (QED) is 0.323. The molecule has 1 aromatic rings. The number of hydrogen-bond donors (Lipinski definition) is 0. The van der Waals surface area contributed by atoms with Gasteiger partial charge in [-0.25, -0.2) is 4.98 Å². The van der Waals surface area contributed by atoms with Crippen LogP contribution in [0.15, 0.2) is 11.2 Å². The summed E-state index contributed by atoms with van der Waals surface area (Å²) in [6.45, 7) is 2.89. The van der Waals surface area contributed by atoms with Gasteiger partial charge in [0.1, 0.15) is 5.15 Å². The van der Waals surface area contributed by atoms with E-state index in [1.807, 2.05) is 6.26 Å². The highest BCUT2D eigenvalue weighted by atomic mass is 35.5. The maximum Gasteiger partial charge on any atom is 0.218 e. The molecule has 0 amide bonds. The minimum Gasteiger partial charge on any atom is -0.478 e. The molecule has 0 spiro atoms. The summed E-state index contributed by atoms with van der Waals surface area (Å²) in [5, 5.41) is 1.08. The molecule has 0 saturated heterocycles. The summed E-state index contributed by atoms with van der Waals surface area (Å²) in [7, 11) is 0. The van der Waals surface area contributed by atoms with E-state index >= 15 is 0 Å². The molecule has 5 heteroatoms. The molecule has 0 aliphatic heterocycles. The van der Waals surface area contributed by atoms with Crippen LogP contribution in [0.4, 0.5) is 0 Å². The van der Waals surface area contributed by atoms with Crippen LogP contribution in [0.25, 0.3) is 0 Å². The molecule has 0 aromatic carbocycles. The van der Waals surface area contributed by atoms with Gasteiger partial charge in [0.25, 0.3) is 0 Å². The Hall–Kier alpha value is -0.480. The van der Waals surface area contributed by atoms with Gasteiger partial charge in [-0.15, -0.1) is 0 Å². The van der Waals surface area contributed by atoms with Crippen LogP contribution in [0.2, 0.25) is 5.15 Å². The first-order valence-corrected chi connectivity index (χ1v) is 7.08. The Labute approximate surface area is 106 Å². The van der Waals surface area contributed by atoms with E-state index in [1.165, 1.54) is 31.0 Å². The third-order valence-electron chi connectivity index (χ3n) is 2.08. The molecule has 0 N–H and O–H groups in total. The van der Waals surface area contributed by atoms with Gasteiger partial charge in [0.05, 0.1) is 6.61 Å². The van der Waals surface area contributed by atoms with Gasteiger partial charge < -0.3 is 4.74 Å². The number of halogens is 1. The number of nitrogens with zero attached hydrogens (tertiary/aromatic N) is 2. The lowest BCUT2D eigenvalue weighted by molar-refractivity contribution is 0.291. The zero-order valence-corrected chi connectivity index (χ0v) is 11.3. The van der Waals surface area contributed by atoms with E-state index in [0.717, 1.165) is 6.42 Å². The molecule has 0 fully saturated rings. The second-order valence-electron chi connectivity index (χ2n) is 3.42. The Morgan fingerprint density at radius 2 is 2.12 bits per heavy atom. The molecule has 1 aromatic heterocycles. The lowest BCUT2D eigenvalue weighted by Crippen LogP contribution is -2.00. The van der Waals surface area contributed by atoms with Gasteiger partial charge >= 0.3 is 0 Å². The Bertz CT molecular complexity index is 323. The molecule has 90 valence electrons. The van der Waals surface area contributed by atoms with E-state index in [9.17, 15) is 0 Å². The van der Waals surface area contributed by atoms with Crippen LogP contribution < -0.4 is 4.74 Å². The van der Waals surface area contributed by atoms with Crippen molar-refractivity contribution in [1.29, 1.82) is 0 Å². The predicted molar refractivity (Wildman–Crippen MR) is 68.5 cm³/mol. The van der Waals surface area contributed by atoms with Gasteiger partial charge in [0.2, 0.25) is 5.88 Å². The minimum atomic E-state index is 0.433. The summed E-state index contributed by atoms with van der Waals surface area (Å²) >= 11 is 7.30. The lowest BCUT2D eigenvalue weighted by Gasteiger charge is -2.06. The van der Waals surface area contributed by atoms with E-state index < -0.39 is 0 Å². The third kappa shape index (κ3) is 5.03. The van der Waals surface area contributed by atoms with Crippen molar-refractivity contribution in [3.63, 3.8) is 0 Å². The monoisotopic (exact) mass is 260 g/mol. The zero-order valence-electron chi connectivity index (χ0n) is 9.70. The Morgan fingerprint density at radius 1 is 1.31 bits per heavy atom. The number of thioether (sulfide) groups is 1. The molecular weight excluding hydrogens is 244 g/mol. The fourth-order valence-electron chi connectivity index (χ4n) is 1.25. The molecule has 0 atom stereocenters. The van der Waals surface area contributed by atoms with Crippen LogP contribution in [0.5, 0.6) is 5.88 Å². The number of aromatic nitrogens is 2.